The molecule has 0 saturated carbocycles. The van der Waals surface area contributed by atoms with Crippen molar-refractivity contribution in [3.63, 3.8) is 0 Å². The van der Waals surface area contributed by atoms with Crippen molar-refractivity contribution in [2.45, 2.75) is 48.5 Å². The molecule has 0 saturated heterocycles. The Hall–Kier alpha value is -0.297. The van der Waals surface area contributed by atoms with E-state index < -0.39 is 23.2 Å². The molecule has 0 atom stereocenters. The second kappa shape index (κ2) is 7.52. The average Bonchev–Trinajstić information content (AvgIpc) is 2.85. The van der Waals surface area contributed by atoms with Crippen LogP contribution in [-0.4, -0.2) is 4.98 Å². The van der Waals surface area contributed by atoms with Crippen LogP contribution in [0.4, 0.5) is 0 Å². The third-order valence-corrected chi connectivity index (χ3v) is 10.5. The van der Waals surface area contributed by atoms with Crippen molar-refractivity contribution in [3.8, 4) is 0 Å². The first-order valence-electron chi connectivity index (χ1n) is 7.99. The van der Waals surface area contributed by atoms with Gasteiger partial charge in [0.05, 0.1) is 0 Å². The molecule has 0 unspecified atom stereocenters. The largest absolute Gasteiger partial charge is 1.00 e. The molecule has 0 spiro atoms. The number of aryl methyl sites for hydroxylation is 2. The molecule has 1 aromatic heterocycles. The van der Waals surface area contributed by atoms with Gasteiger partial charge in [0, 0.05) is 0 Å². The number of hydrogen-bond acceptors (Lipinski definition) is 0. The summed E-state index contributed by atoms with van der Waals surface area (Å²) in [4.78, 5) is 3.74. The molecule has 1 heterocycles. The van der Waals surface area contributed by atoms with Crippen LogP contribution in [0.25, 0.3) is 10.9 Å². The van der Waals surface area contributed by atoms with Gasteiger partial charge >= 0.3 is 146 Å². The van der Waals surface area contributed by atoms with Crippen LogP contribution in [0.3, 0.4) is 0 Å². The molecule has 2 aromatic rings. The van der Waals surface area contributed by atoms with Crippen LogP contribution in [-0.2, 0) is 23.2 Å². The first-order chi connectivity index (χ1) is 10.2. The van der Waals surface area contributed by atoms with Gasteiger partial charge in [-0.25, -0.2) is 0 Å². The quantitative estimate of drug-likeness (QED) is 0.625. The minimum atomic E-state index is -0.806. The Labute approximate surface area is 169 Å². The van der Waals surface area contributed by atoms with E-state index in [1.54, 1.807) is 14.4 Å². The predicted molar refractivity (Wildman–Crippen MR) is 92.3 cm³/mol. The fourth-order valence-corrected chi connectivity index (χ4v) is 7.73. The van der Waals surface area contributed by atoms with Gasteiger partial charge in [-0.05, 0) is 0 Å². The number of fused-ring (bicyclic) bond motifs is 1. The monoisotopic (exact) mass is 439 g/mol. The van der Waals surface area contributed by atoms with E-state index in [-0.39, 0.29) is 30.2 Å². The third kappa shape index (κ3) is 3.23. The van der Waals surface area contributed by atoms with Crippen molar-refractivity contribution in [2.75, 3.05) is 0 Å². The van der Waals surface area contributed by atoms with Crippen molar-refractivity contribution in [3.05, 3.63) is 49.3 Å². The number of benzene rings is 1. The van der Waals surface area contributed by atoms with E-state index in [9.17, 15) is 0 Å². The van der Waals surface area contributed by atoms with Crippen molar-refractivity contribution >= 4 is 14.3 Å². The number of aromatic nitrogens is 1. The topological polar surface area (TPSA) is 15.8 Å². The number of halogens is 2. The predicted octanol–water partition coefficient (Wildman–Crippen LogP) is -0.849. The minimum Gasteiger partial charge on any atom is -1.00 e. The molecule has 3 rings (SSSR count). The van der Waals surface area contributed by atoms with E-state index in [0.29, 0.717) is 0 Å². The van der Waals surface area contributed by atoms with Gasteiger partial charge in [0.2, 0.25) is 0 Å². The summed E-state index contributed by atoms with van der Waals surface area (Å²) >= 11 is -0.806. The molecule has 0 bridgehead atoms. The normalized spacial score (nSPS) is 16.1. The molecule has 4 heteroatoms. The summed E-state index contributed by atoms with van der Waals surface area (Å²) in [5, 5.41) is 1.44. The Balaban J connectivity index is 0.00000144. The average molecular weight is 442 g/mol. The summed E-state index contributed by atoms with van der Waals surface area (Å²) in [6.45, 7) is 16.3. The Bertz CT molecular complexity index is 841. The summed E-state index contributed by atoms with van der Waals surface area (Å²) in [6.07, 6.45) is 0. The molecule has 0 fully saturated rings. The van der Waals surface area contributed by atoms with Crippen molar-refractivity contribution in [1.29, 1.82) is 0 Å². The van der Waals surface area contributed by atoms with Gasteiger partial charge in [0.1, 0.15) is 0 Å². The SMILES string of the molecule is CC1=C(C)C(C)(C)[C]([Zr+2][c]2[nH]c3cccc(C)c3c2C)=C1C.[Cl-].[Cl-]. The maximum Gasteiger partial charge on any atom is -1.00 e. The van der Waals surface area contributed by atoms with E-state index in [2.05, 4.69) is 71.6 Å². The summed E-state index contributed by atoms with van der Waals surface area (Å²) in [5.41, 5.74) is 9.07. The van der Waals surface area contributed by atoms with Crippen LogP contribution in [0.15, 0.2) is 38.2 Å². The molecule has 1 nitrogen and oxygen atoms in total. The zero-order valence-corrected chi connectivity index (χ0v) is 19.5. The molecule has 24 heavy (non-hydrogen) atoms. The van der Waals surface area contributed by atoms with Gasteiger partial charge in [-0.2, -0.15) is 0 Å². The van der Waals surface area contributed by atoms with Gasteiger partial charge < -0.3 is 24.8 Å². The molecule has 1 aliphatic rings. The van der Waals surface area contributed by atoms with E-state index in [1.165, 1.54) is 31.0 Å². The third-order valence-electron chi connectivity index (χ3n) is 5.59. The Morgan fingerprint density at radius 1 is 0.917 bits per heavy atom. The Morgan fingerprint density at radius 2 is 1.54 bits per heavy atom. The Kier molecular flexibility index (Phi) is 6.82. The van der Waals surface area contributed by atoms with Gasteiger partial charge in [-0.15, -0.1) is 0 Å². The van der Waals surface area contributed by atoms with Crippen LogP contribution in [0.1, 0.15) is 45.7 Å². The first kappa shape index (κ1) is 21.7. The molecule has 1 N–H and O–H groups in total. The minimum absolute atomic E-state index is 0. The van der Waals surface area contributed by atoms with Crippen LogP contribution >= 0.6 is 0 Å². The van der Waals surface area contributed by atoms with Gasteiger partial charge in [-0.3, -0.25) is 0 Å². The van der Waals surface area contributed by atoms with Gasteiger partial charge in [0.25, 0.3) is 0 Å². The zero-order chi connectivity index (χ0) is 16.2. The summed E-state index contributed by atoms with van der Waals surface area (Å²) in [7, 11) is 0. The zero-order valence-electron chi connectivity index (χ0n) is 15.5. The maximum atomic E-state index is 3.74. The fraction of sp³-hybridized carbons (Fsp3) is 0.400. The molecule has 0 radical (unpaired) electrons. The second-order valence-electron chi connectivity index (χ2n) is 7.12. The molecular weight excluding hydrogens is 416 g/mol. The molecule has 1 aromatic carbocycles. The number of allylic oxidation sites excluding steroid dienone is 4. The fourth-order valence-electron chi connectivity index (χ4n) is 3.72. The van der Waals surface area contributed by atoms with Crippen molar-refractivity contribution in [1.82, 2.24) is 4.98 Å². The van der Waals surface area contributed by atoms with Gasteiger partial charge in [-0.1, -0.05) is 0 Å². The van der Waals surface area contributed by atoms with E-state index in [0.717, 1.165) is 0 Å². The van der Waals surface area contributed by atoms with E-state index in [1.807, 2.05) is 0 Å². The smallest absolute Gasteiger partial charge is 1.00 e. The second-order valence-corrected chi connectivity index (χ2v) is 10.2. The van der Waals surface area contributed by atoms with E-state index in [4.69, 9.17) is 0 Å². The molecule has 0 aliphatic heterocycles. The van der Waals surface area contributed by atoms with Crippen LogP contribution in [0.5, 0.6) is 0 Å². The maximum absolute atomic E-state index is 3.74. The number of aromatic amines is 1. The van der Waals surface area contributed by atoms with Crippen LogP contribution in [0.2, 0.25) is 0 Å². The van der Waals surface area contributed by atoms with Crippen LogP contribution < -0.4 is 28.2 Å². The van der Waals surface area contributed by atoms with Crippen molar-refractivity contribution in [2.24, 2.45) is 5.41 Å². The molecule has 1 aliphatic carbocycles. The summed E-state index contributed by atoms with van der Waals surface area (Å²) in [5.74, 6) is 0. The molecule has 0 amide bonds. The molecule has 128 valence electrons. The summed E-state index contributed by atoms with van der Waals surface area (Å²) < 4.78 is 3.27. The van der Waals surface area contributed by atoms with Crippen LogP contribution in [0, 0.1) is 19.3 Å². The standard InChI is InChI=1S/C10H10N.C10H15.2ClH.Zr/c1-7-4-3-5-9-10(7)8(2)6-11-9;1-7-6-10(4,5)9(3)8(7)2;;;/h3-5,11H,1-2H3;1-5H3;2*1H;/q;;;;+2/p-2. The van der Waals surface area contributed by atoms with E-state index >= 15 is 0 Å². The number of nitrogens with one attached hydrogen (secondary N) is 1. The van der Waals surface area contributed by atoms with Crippen molar-refractivity contribution < 1.29 is 48.0 Å². The molecular formula is C20H25Cl2NZr. The number of hydrogen-bond donors (Lipinski definition) is 1. The summed E-state index contributed by atoms with van der Waals surface area (Å²) in [6, 6.07) is 6.59. The number of H-pyrrole nitrogens is 1. The number of rotatable bonds is 2. The van der Waals surface area contributed by atoms with Gasteiger partial charge in [0.15, 0.2) is 0 Å². The Morgan fingerprint density at radius 3 is 2.04 bits per heavy atom. The first-order valence-corrected chi connectivity index (χ1v) is 10.5.